The minimum Gasteiger partial charge on any atom is -0.382 e. The van der Waals surface area contributed by atoms with Gasteiger partial charge in [0.1, 0.15) is 10.4 Å². The predicted molar refractivity (Wildman–Crippen MR) is 78.6 cm³/mol. The molecule has 0 aliphatic carbocycles. The molecule has 0 aliphatic rings. The maximum absolute atomic E-state index is 10.4. The van der Waals surface area contributed by atoms with E-state index < -0.39 is 6.10 Å². The van der Waals surface area contributed by atoms with Crippen molar-refractivity contribution in [1.82, 2.24) is 9.78 Å². The normalized spacial score (nSPS) is 12.9. The first-order chi connectivity index (χ1) is 8.54. The number of halogens is 3. The van der Waals surface area contributed by atoms with Gasteiger partial charge in [-0.3, -0.25) is 4.68 Å². The number of aliphatic hydroxyl groups excluding tert-OH is 1. The molecule has 0 spiro atoms. The van der Waals surface area contributed by atoms with Crippen molar-refractivity contribution in [2.75, 3.05) is 0 Å². The first kappa shape index (κ1) is 14.3. The van der Waals surface area contributed by atoms with E-state index in [2.05, 4.69) is 28.0 Å². The van der Waals surface area contributed by atoms with E-state index in [1.807, 2.05) is 0 Å². The quantitative estimate of drug-likeness (QED) is 0.861. The van der Waals surface area contributed by atoms with Crippen LogP contribution in [0.5, 0.6) is 0 Å². The molecule has 2 rings (SSSR count). The molecule has 18 heavy (non-hydrogen) atoms. The van der Waals surface area contributed by atoms with Gasteiger partial charge in [0.15, 0.2) is 0 Å². The lowest BCUT2D eigenvalue weighted by Crippen LogP contribution is -2.10. The predicted octanol–water partition coefficient (Wildman–Crippen LogP) is 4.51. The summed E-state index contributed by atoms with van der Waals surface area (Å²) in [6.45, 7) is 2.80. The number of aliphatic hydroxyl groups is 1. The Hall–Kier alpha value is -0.0700. The van der Waals surface area contributed by atoms with Gasteiger partial charge in [0.2, 0.25) is 0 Å². The van der Waals surface area contributed by atoms with E-state index >= 15 is 0 Å². The third-order valence-corrected chi connectivity index (χ3v) is 4.63. The van der Waals surface area contributed by atoms with E-state index in [1.54, 1.807) is 16.9 Å². The molecule has 3 nitrogen and oxygen atoms in total. The lowest BCUT2D eigenvalue weighted by atomic mass is 10.1. The van der Waals surface area contributed by atoms with Gasteiger partial charge in [0.25, 0.3) is 0 Å². The summed E-state index contributed by atoms with van der Waals surface area (Å²) >= 11 is 16.6. The van der Waals surface area contributed by atoms with Gasteiger partial charge < -0.3 is 5.11 Å². The van der Waals surface area contributed by atoms with E-state index in [0.29, 0.717) is 19.9 Å². The Morgan fingerprint density at radius 2 is 2.28 bits per heavy atom. The van der Waals surface area contributed by atoms with Crippen LogP contribution in [0.15, 0.2) is 16.7 Å². The lowest BCUT2D eigenvalue weighted by Gasteiger charge is -2.13. The molecule has 0 fully saturated rings. The van der Waals surface area contributed by atoms with Crippen LogP contribution in [-0.2, 0) is 6.54 Å². The Kier molecular flexibility index (Phi) is 4.72. The topological polar surface area (TPSA) is 38.0 Å². The molecule has 0 saturated heterocycles. The van der Waals surface area contributed by atoms with Gasteiger partial charge in [-0.25, -0.2) is 0 Å². The second-order valence-corrected chi connectivity index (χ2v) is 6.92. The van der Waals surface area contributed by atoms with Crippen molar-refractivity contribution < 1.29 is 5.11 Å². The lowest BCUT2D eigenvalue weighted by molar-refractivity contribution is 0.207. The summed E-state index contributed by atoms with van der Waals surface area (Å²) in [7, 11) is 0. The minimum absolute atomic E-state index is 0.503. The summed E-state index contributed by atoms with van der Waals surface area (Å²) in [5, 5.41) is 14.7. The zero-order chi connectivity index (χ0) is 13.3. The number of aromatic nitrogens is 2. The molecular formula is C11H11BrCl2N2OS. The molecule has 0 bridgehead atoms. The SMILES string of the molecule is CCCn1ncc(Br)c1C(O)c1cc(Cl)sc1Cl. The van der Waals surface area contributed by atoms with E-state index in [0.717, 1.165) is 17.4 Å². The molecule has 0 aliphatic heterocycles. The van der Waals surface area contributed by atoms with Crippen LogP contribution in [0.2, 0.25) is 8.67 Å². The highest BCUT2D eigenvalue weighted by Gasteiger charge is 2.23. The van der Waals surface area contributed by atoms with E-state index in [-0.39, 0.29) is 0 Å². The van der Waals surface area contributed by atoms with Crippen LogP contribution in [0, 0.1) is 0 Å². The Morgan fingerprint density at radius 1 is 1.56 bits per heavy atom. The van der Waals surface area contributed by atoms with Crippen molar-refractivity contribution in [1.29, 1.82) is 0 Å². The van der Waals surface area contributed by atoms with Gasteiger partial charge >= 0.3 is 0 Å². The smallest absolute Gasteiger partial charge is 0.124 e. The summed E-state index contributed by atoms with van der Waals surface area (Å²) in [4.78, 5) is 0. The second kappa shape index (κ2) is 5.92. The van der Waals surface area contributed by atoms with Crippen LogP contribution in [0.1, 0.15) is 30.7 Å². The van der Waals surface area contributed by atoms with Crippen LogP contribution in [0.25, 0.3) is 0 Å². The average molecular weight is 370 g/mol. The third kappa shape index (κ3) is 2.75. The highest BCUT2D eigenvalue weighted by molar-refractivity contribution is 9.10. The Bertz CT molecular complexity index is 555. The van der Waals surface area contributed by atoms with Gasteiger partial charge in [-0.1, -0.05) is 30.1 Å². The number of rotatable bonds is 4. The highest BCUT2D eigenvalue weighted by Crippen LogP contribution is 2.39. The van der Waals surface area contributed by atoms with Gasteiger partial charge in [-0.05, 0) is 28.4 Å². The van der Waals surface area contributed by atoms with Crippen molar-refractivity contribution >= 4 is 50.5 Å². The summed E-state index contributed by atoms with van der Waals surface area (Å²) in [6, 6.07) is 1.69. The van der Waals surface area contributed by atoms with E-state index in [1.165, 1.54) is 11.3 Å². The zero-order valence-electron chi connectivity index (χ0n) is 9.53. The van der Waals surface area contributed by atoms with Gasteiger partial charge in [-0.15, -0.1) is 11.3 Å². The standard InChI is InChI=1S/C11H11BrCl2N2OS/c1-2-3-16-9(7(12)5-15-16)10(17)6-4-8(13)18-11(6)14/h4-5,10,17H,2-3H2,1H3. The first-order valence-electron chi connectivity index (χ1n) is 5.38. The molecule has 0 aromatic carbocycles. The largest absolute Gasteiger partial charge is 0.382 e. The van der Waals surface area contributed by atoms with Crippen LogP contribution in [0.3, 0.4) is 0 Å². The maximum atomic E-state index is 10.4. The summed E-state index contributed by atoms with van der Waals surface area (Å²) in [6.07, 6.45) is 1.78. The molecule has 2 aromatic heterocycles. The van der Waals surface area contributed by atoms with Crippen LogP contribution in [-0.4, -0.2) is 14.9 Å². The van der Waals surface area contributed by atoms with Crippen LogP contribution >= 0.6 is 50.5 Å². The number of nitrogens with zero attached hydrogens (tertiary/aromatic N) is 2. The third-order valence-electron chi connectivity index (χ3n) is 2.51. The molecule has 1 unspecified atom stereocenters. The van der Waals surface area contributed by atoms with Crippen LogP contribution < -0.4 is 0 Å². The number of hydrogen-bond donors (Lipinski definition) is 1. The fourth-order valence-corrected chi connectivity index (χ4v) is 3.75. The van der Waals surface area contributed by atoms with Crippen molar-refractivity contribution in [2.45, 2.75) is 26.0 Å². The Labute approximate surface area is 127 Å². The fourth-order valence-electron chi connectivity index (χ4n) is 1.72. The molecule has 0 radical (unpaired) electrons. The molecular weight excluding hydrogens is 359 g/mol. The fraction of sp³-hybridized carbons (Fsp3) is 0.364. The summed E-state index contributed by atoms with van der Waals surface area (Å²) < 4.78 is 3.61. The van der Waals surface area contributed by atoms with Gasteiger partial charge in [-0.2, -0.15) is 5.10 Å². The van der Waals surface area contributed by atoms with Crippen molar-refractivity contribution in [2.24, 2.45) is 0 Å². The molecule has 1 atom stereocenters. The van der Waals surface area contributed by atoms with Crippen LogP contribution in [0.4, 0.5) is 0 Å². The van der Waals surface area contributed by atoms with E-state index in [9.17, 15) is 5.11 Å². The second-order valence-electron chi connectivity index (χ2n) is 3.78. The number of hydrogen-bond acceptors (Lipinski definition) is 3. The maximum Gasteiger partial charge on any atom is 0.124 e. The summed E-state index contributed by atoms with van der Waals surface area (Å²) in [5.41, 5.74) is 1.32. The zero-order valence-corrected chi connectivity index (χ0v) is 13.4. The Balaban J connectivity index is 2.42. The highest BCUT2D eigenvalue weighted by atomic mass is 79.9. The molecule has 0 amide bonds. The van der Waals surface area contributed by atoms with Crippen molar-refractivity contribution in [3.8, 4) is 0 Å². The summed E-state index contributed by atoms with van der Waals surface area (Å²) in [5.74, 6) is 0. The van der Waals surface area contributed by atoms with Gasteiger partial charge in [0, 0.05) is 12.1 Å². The average Bonchev–Trinajstić information content (AvgIpc) is 2.82. The first-order valence-corrected chi connectivity index (χ1v) is 7.75. The van der Waals surface area contributed by atoms with Crippen molar-refractivity contribution in [3.63, 3.8) is 0 Å². The minimum atomic E-state index is -0.829. The molecule has 1 N–H and O–H groups in total. The van der Waals surface area contributed by atoms with Gasteiger partial charge in [0.05, 0.1) is 20.7 Å². The monoisotopic (exact) mass is 368 g/mol. The van der Waals surface area contributed by atoms with E-state index in [4.69, 9.17) is 23.2 Å². The Morgan fingerprint density at radius 3 is 2.83 bits per heavy atom. The number of thiophene rings is 1. The molecule has 98 valence electrons. The molecule has 2 heterocycles. The van der Waals surface area contributed by atoms with Crippen molar-refractivity contribution in [3.05, 3.63) is 36.7 Å². The molecule has 7 heteroatoms. The molecule has 2 aromatic rings. The number of aryl methyl sites for hydroxylation is 1. The molecule has 0 saturated carbocycles.